The van der Waals surface area contributed by atoms with Crippen molar-refractivity contribution >= 4 is 28.3 Å². The van der Waals surface area contributed by atoms with Gasteiger partial charge in [-0.15, -0.1) is 0 Å². The standard InChI is InChI=1S/C24H29N7O/c1-15(18-5-6-28-23-19(18)11-17(30-23)14-32-2)29-24(31-9-7-26-8-10-31)22-20(16-3-4-16)12-27-13-21(22)25/h5-6,11-13,16,26H,1,3-4,7-10,14,25H2,2H3,(H,28,30)/b29-24+. The zero-order valence-electron chi connectivity index (χ0n) is 18.4. The van der Waals surface area contributed by atoms with E-state index in [0.717, 1.165) is 59.9 Å². The number of ether oxygens (including phenoxy) is 1. The number of H-pyrrole nitrogens is 1. The number of hydrogen-bond donors (Lipinski definition) is 3. The molecule has 5 rings (SSSR count). The van der Waals surface area contributed by atoms with Gasteiger partial charge >= 0.3 is 0 Å². The maximum atomic E-state index is 6.49. The molecule has 3 aromatic rings. The molecule has 0 aromatic carbocycles. The fraction of sp³-hybridized carbons (Fsp3) is 0.375. The normalized spacial score (nSPS) is 17.2. The Morgan fingerprint density at radius 1 is 1.31 bits per heavy atom. The van der Waals surface area contributed by atoms with Crippen LogP contribution in [0.1, 0.15) is 41.1 Å². The van der Waals surface area contributed by atoms with E-state index in [1.807, 2.05) is 12.3 Å². The van der Waals surface area contributed by atoms with Gasteiger partial charge < -0.3 is 25.7 Å². The highest BCUT2D eigenvalue weighted by atomic mass is 16.5. The van der Waals surface area contributed by atoms with Crippen LogP contribution in [0.2, 0.25) is 0 Å². The lowest BCUT2D eigenvalue weighted by molar-refractivity contribution is 0.182. The van der Waals surface area contributed by atoms with Crippen molar-refractivity contribution in [2.45, 2.75) is 25.4 Å². The molecular formula is C24H29N7O. The second-order valence-corrected chi connectivity index (χ2v) is 8.43. The quantitative estimate of drug-likeness (QED) is 0.410. The van der Waals surface area contributed by atoms with Gasteiger partial charge in [0.2, 0.25) is 0 Å². The smallest absolute Gasteiger partial charge is 0.139 e. The summed E-state index contributed by atoms with van der Waals surface area (Å²) in [6.07, 6.45) is 7.81. The molecule has 0 atom stereocenters. The molecule has 2 fully saturated rings. The van der Waals surface area contributed by atoms with Crippen LogP contribution in [0.4, 0.5) is 5.69 Å². The molecule has 1 saturated heterocycles. The van der Waals surface area contributed by atoms with E-state index in [1.54, 1.807) is 19.5 Å². The molecule has 0 amide bonds. The Bertz CT molecular complexity index is 1170. The monoisotopic (exact) mass is 431 g/mol. The van der Waals surface area contributed by atoms with Crippen molar-refractivity contribution in [3.8, 4) is 0 Å². The molecule has 2 aliphatic rings. The number of rotatable bonds is 6. The highest BCUT2D eigenvalue weighted by molar-refractivity contribution is 6.07. The van der Waals surface area contributed by atoms with Crippen LogP contribution in [0.15, 0.2) is 42.3 Å². The van der Waals surface area contributed by atoms with Crippen molar-refractivity contribution in [2.24, 2.45) is 4.99 Å². The average Bonchev–Trinajstić information content (AvgIpc) is 3.57. The topological polar surface area (TPSA) is 104 Å². The van der Waals surface area contributed by atoms with E-state index in [4.69, 9.17) is 15.5 Å². The summed E-state index contributed by atoms with van der Waals surface area (Å²) in [6.45, 7) is 8.40. The maximum absolute atomic E-state index is 6.49. The van der Waals surface area contributed by atoms with Crippen LogP contribution < -0.4 is 11.1 Å². The van der Waals surface area contributed by atoms with Gasteiger partial charge in [0.15, 0.2) is 0 Å². The third-order valence-electron chi connectivity index (χ3n) is 6.10. The predicted octanol–water partition coefficient (Wildman–Crippen LogP) is 2.89. The van der Waals surface area contributed by atoms with E-state index in [1.165, 1.54) is 18.4 Å². The van der Waals surface area contributed by atoms with Crippen LogP contribution in [0.25, 0.3) is 16.7 Å². The Morgan fingerprint density at radius 2 is 2.12 bits per heavy atom. The molecule has 8 heteroatoms. The molecule has 4 N–H and O–H groups in total. The lowest BCUT2D eigenvalue weighted by Crippen LogP contribution is -2.47. The Balaban J connectivity index is 1.61. The van der Waals surface area contributed by atoms with Gasteiger partial charge in [-0.2, -0.15) is 0 Å². The van der Waals surface area contributed by atoms with Crippen molar-refractivity contribution in [1.29, 1.82) is 0 Å². The third kappa shape index (κ3) is 3.99. The average molecular weight is 432 g/mol. The van der Waals surface area contributed by atoms with E-state index in [0.29, 0.717) is 23.9 Å². The number of nitrogens with one attached hydrogen (secondary N) is 2. The molecular weight excluding hydrogens is 402 g/mol. The van der Waals surface area contributed by atoms with Gasteiger partial charge in [0.1, 0.15) is 11.5 Å². The van der Waals surface area contributed by atoms with Gasteiger partial charge in [-0.25, -0.2) is 9.98 Å². The molecule has 1 aliphatic carbocycles. The number of aliphatic imine (C=N–C) groups is 1. The first-order valence-electron chi connectivity index (χ1n) is 11.1. The summed E-state index contributed by atoms with van der Waals surface area (Å²) in [5.41, 5.74) is 12.8. The first kappa shape index (κ1) is 20.7. The molecule has 4 heterocycles. The number of nitrogens with two attached hydrogens (primary N) is 1. The third-order valence-corrected chi connectivity index (χ3v) is 6.10. The highest BCUT2D eigenvalue weighted by Gasteiger charge is 2.31. The minimum absolute atomic E-state index is 0.496. The summed E-state index contributed by atoms with van der Waals surface area (Å²) in [7, 11) is 1.68. The van der Waals surface area contributed by atoms with Gasteiger partial charge in [-0.1, -0.05) is 6.58 Å². The molecule has 32 heavy (non-hydrogen) atoms. The van der Waals surface area contributed by atoms with E-state index < -0.39 is 0 Å². The van der Waals surface area contributed by atoms with Crippen LogP contribution in [0, 0.1) is 0 Å². The number of piperazine rings is 1. The molecule has 0 unspecified atom stereocenters. The van der Waals surface area contributed by atoms with E-state index in [2.05, 4.69) is 37.8 Å². The first-order valence-corrected chi connectivity index (χ1v) is 11.1. The molecule has 3 aromatic heterocycles. The summed E-state index contributed by atoms with van der Waals surface area (Å²) < 4.78 is 5.27. The van der Waals surface area contributed by atoms with Crippen LogP contribution >= 0.6 is 0 Å². The zero-order valence-corrected chi connectivity index (χ0v) is 18.4. The number of anilines is 1. The number of amidine groups is 1. The predicted molar refractivity (Wildman–Crippen MR) is 127 cm³/mol. The zero-order chi connectivity index (χ0) is 22.1. The molecule has 1 saturated carbocycles. The minimum Gasteiger partial charge on any atom is -0.397 e. The lowest BCUT2D eigenvalue weighted by atomic mass is 10.0. The highest BCUT2D eigenvalue weighted by Crippen LogP contribution is 2.43. The number of pyridine rings is 2. The second-order valence-electron chi connectivity index (χ2n) is 8.43. The number of nitrogens with zero attached hydrogens (tertiary/aromatic N) is 4. The number of aromatic nitrogens is 3. The van der Waals surface area contributed by atoms with Crippen molar-refractivity contribution in [3.63, 3.8) is 0 Å². The molecule has 0 spiro atoms. The molecule has 0 radical (unpaired) electrons. The SMILES string of the molecule is C=C(/N=C(\c1c(N)cncc1C1CC1)N1CCNCC1)c1ccnc2[nH]c(COC)cc12. The van der Waals surface area contributed by atoms with Gasteiger partial charge in [0.05, 0.1) is 24.2 Å². The molecule has 0 bridgehead atoms. The maximum Gasteiger partial charge on any atom is 0.139 e. The van der Waals surface area contributed by atoms with Crippen molar-refractivity contribution in [2.75, 3.05) is 39.0 Å². The number of nitrogen functional groups attached to an aromatic ring is 1. The molecule has 166 valence electrons. The molecule has 1 aliphatic heterocycles. The van der Waals surface area contributed by atoms with E-state index in [9.17, 15) is 0 Å². The van der Waals surface area contributed by atoms with E-state index in [-0.39, 0.29) is 0 Å². The van der Waals surface area contributed by atoms with Crippen molar-refractivity contribution < 1.29 is 4.74 Å². The number of fused-ring (bicyclic) bond motifs is 1. The number of hydrogen-bond acceptors (Lipinski definition) is 6. The Morgan fingerprint density at radius 3 is 2.88 bits per heavy atom. The van der Waals surface area contributed by atoms with Crippen molar-refractivity contribution in [3.05, 3.63) is 59.7 Å². The van der Waals surface area contributed by atoms with E-state index >= 15 is 0 Å². The summed E-state index contributed by atoms with van der Waals surface area (Å²) in [5, 5.41) is 4.41. The second kappa shape index (κ2) is 8.72. The number of methoxy groups -OCH3 is 1. The Labute approximate surface area is 187 Å². The lowest BCUT2D eigenvalue weighted by Gasteiger charge is -2.32. The van der Waals surface area contributed by atoms with Gasteiger partial charge in [0, 0.05) is 67.9 Å². The summed E-state index contributed by atoms with van der Waals surface area (Å²) in [4.78, 5) is 19.6. The fourth-order valence-corrected chi connectivity index (χ4v) is 4.37. The fourth-order valence-electron chi connectivity index (χ4n) is 4.37. The van der Waals surface area contributed by atoms with Crippen LogP contribution in [0.5, 0.6) is 0 Å². The summed E-state index contributed by atoms with van der Waals surface area (Å²) in [6, 6.07) is 4.02. The number of aromatic amines is 1. The van der Waals surface area contributed by atoms with Crippen LogP contribution in [0.3, 0.4) is 0 Å². The van der Waals surface area contributed by atoms with Gasteiger partial charge in [0.25, 0.3) is 0 Å². The Kier molecular flexibility index (Phi) is 5.63. The van der Waals surface area contributed by atoms with Gasteiger partial charge in [-0.3, -0.25) is 4.98 Å². The summed E-state index contributed by atoms with van der Waals surface area (Å²) in [5.74, 6) is 1.40. The largest absolute Gasteiger partial charge is 0.397 e. The minimum atomic E-state index is 0.496. The van der Waals surface area contributed by atoms with Gasteiger partial charge in [-0.05, 0) is 36.5 Å². The summed E-state index contributed by atoms with van der Waals surface area (Å²) >= 11 is 0. The van der Waals surface area contributed by atoms with Crippen LogP contribution in [-0.4, -0.2) is 59.0 Å². The Hall–Kier alpha value is -3.23. The first-order chi connectivity index (χ1) is 15.7. The van der Waals surface area contributed by atoms with Crippen molar-refractivity contribution in [1.82, 2.24) is 25.2 Å². The van der Waals surface area contributed by atoms with Crippen LogP contribution in [-0.2, 0) is 11.3 Å². The molecule has 8 nitrogen and oxygen atoms in total.